The number of nitrogens with two attached hydrogens (primary N) is 1. The second-order valence-corrected chi connectivity index (χ2v) is 7.08. The highest BCUT2D eigenvalue weighted by Gasteiger charge is 2.23. The molecule has 0 atom stereocenters. The number of amides is 1. The van der Waals surface area contributed by atoms with E-state index in [2.05, 4.69) is 37.8 Å². The minimum absolute atomic E-state index is 0.0572. The number of nitrogens with one attached hydrogen (secondary N) is 2. The Morgan fingerprint density at radius 2 is 2.11 bits per heavy atom. The van der Waals surface area contributed by atoms with Gasteiger partial charge in [0.1, 0.15) is 22.3 Å². The molecule has 28 heavy (non-hydrogen) atoms. The molecule has 3 aromatic rings. The minimum Gasteiger partial charge on any atom is -0.393 e. The Kier molecular flexibility index (Phi) is 5.12. The van der Waals surface area contributed by atoms with Crippen LogP contribution < -0.4 is 16.4 Å². The Bertz CT molecular complexity index is 1040. The summed E-state index contributed by atoms with van der Waals surface area (Å²) >= 11 is 5.79. The topological polar surface area (TPSA) is 110 Å². The highest BCUT2D eigenvalue weighted by atomic mass is 35.5. The maximum atomic E-state index is 12.0. The van der Waals surface area contributed by atoms with Gasteiger partial charge in [0, 0.05) is 24.8 Å². The van der Waals surface area contributed by atoms with Crippen LogP contribution in [0.25, 0.3) is 5.65 Å². The maximum absolute atomic E-state index is 12.0. The maximum Gasteiger partial charge on any atom is 0.269 e. The number of rotatable bonds is 7. The number of imidazole rings is 1. The van der Waals surface area contributed by atoms with Gasteiger partial charge in [-0.3, -0.25) is 4.79 Å². The third-order valence-electron chi connectivity index (χ3n) is 4.45. The molecule has 1 fully saturated rings. The Morgan fingerprint density at radius 1 is 1.25 bits per heavy atom. The van der Waals surface area contributed by atoms with Crippen LogP contribution in [0.5, 0.6) is 0 Å². The van der Waals surface area contributed by atoms with Crippen molar-refractivity contribution < 1.29 is 4.79 Å². The Morgan fingerprint density at radius 3 is 2.89 bits per heavy atom. The molecule has 4 N–H and O–H groups in total. The van der Waals surface area contributed by atoms with Crippen molar-refractivity contribution in [3.05, 3.63) is 70.9 Å². The number of halogens is 1. The summed E-state index contributed by atoms with van der Waals surface area (Å²) in [5.41, 5.74) is 8.98. The van der Waals surface area contributed by atoms with E-state index in [1.165, 1.54) is 30.8 Å². The molecule has 144 valence electrons. The zero-order valence-corrected chi connectivity index (χ0v) is 15.9. The lowest BCUT2D eigenvalue weighted by molar-refractivity contribution is -0.117. The molecular weight excluding hydrogens is 378 g/mol. The van der Waals surface area contributed by atoms with Crippen molar-refractivity contribution in [1.82, 2.24) is 30.0 Å². The van der Waals surface area contributed by atoms with Crippen LogP contribution in [0.2, 0.25) is 5.15 Å². The quantitative estimate of drug-likeness (QED) is 0.414. The lowest BCUT2D eigenvalue weighted by Gasteiger charge is -2.05. The second-order valence-electron chi connectivity index (χ2n) is 6.69. The molecule has 0 spiro atoms. The number of carbonyl (C=O) groups excluding carboxylic acids is 1. The lowest BCUT2D eigenvalue weighted by Crippen LogP contribution is -2.30. The molecule has 0 aromatic carbocycles. The largest absolute Gasteiger partial charge is 0.393 e. The molecule has 1 saturated carbocycles. The Hall–Kier alpha value is -3.13. The third kappa shape index (κ3) is 4.40. The Balaban J connectivity index is 1.30. The van der Waals surface area contributed by atoms with Crippen molar-refractivity contribution in [3.8, 4) is 0 Å². The molecule has 1 amide bonds. The van der Waals surface area contributed by atoms with Gasteiger partial charge in [-0.05, 0) is 36.5 Å². The van der Waals surface area contributed by atoms with Crippen LogP contribution in [0, 0.1) is 0 Å². The van der Waals surface area contributed by atoms with Gasteiger partial charge in [-0.25, -0.2) is 15.0 Å². The average Bonchev–Trinajstić information content (AvgIpc) is 3.45. The molecule has 0 radical (unpaired) electrons. The molecule has 3 aromatic heterocycles. The number of hydrogen-bond acceptors (Lipinski definition) is 6. The highest BCUT2D eigenvalue weighted by Crippen LogP contribution is 2.39. The first-order valence-corrected chi connectivity index (χ1v) is 9.38. The van der Waals surface area contributed by atoms with Crippen LogP contribution >= 0.6 is 11.6 Å². The fourth-order valence-electron chi connectivity index (χ4n) is 2.86. The van der Waals surface area contributed by atoms with Gasteiger partial charge in [-0.1, -0.05) is 17.7 Å². The van der Waals surface area contributed by atoms with Gasteiger partial charge < -0.3 is 20.8 Å². The molecule has 0 bridgehead atoms. The number of carbonyl (C=O) groups is 1. The molecule has 3 heterocycles. The van der Waals surface area contributed by atoms with Crippen LogP contribution in [0.15, 0.2) is 48.7 Å². The number of pyridine rings is 1. The van der Waals surface area contributed by atoms with Gasteiger partial charge >= 0.3 is 0 Å². The van der Waals surface area contributed by atoms with Gasteiger partial charge in [0.2, 0.25) is 0 Å². The molecule has 0 saturated heterocycles. The zero-order chi connectivity index (χ0) is 19.5. The first-order chi connectivity index (χ1) is 13.6. The summed E-state index contributed by atoms with van der Waals surface area (Å²) in [4.78, 5) is 24.6. The van der Waals surface area contributed by atoms with Gasteiger partial charge in [0.05, 0.1) is 18.8 Å². The normalized spacial score (nSPS) is 14.2. The van der Waals surface area contributed by atoms with E-state index in [4.69, 9.17) is 17.3 Å². The lowest BCUT2D eigenvalue weighted by atomic mass is 10.2. The van der Waals surface area contributed by atoms with E-state index in [-0.39, 0.29) is 12.2 Å². The predicted molar refractivity (Wildman–Crippen MR) is 105 cm³/mol. The van der Waals surface area contributed by atoms with Gasteiger partial charge in [0.25, 0.3) is 5.91 Å². The summed E-state index contributed by atoms with van der Waals surface area (Å²) in [6, 6.07) is 5.74. The molecule has 9 heteroatoms. The number of nitrogens with zero attached hydrogens (tertiary/aromatic N) is 4. The van der Waals surface area contributed by atoms with Crippen molar-refractivity contribution in [2.45, 2.75) is 31.8 Å². The summed E-state index contributed by atoms with van der Waals surface area (Å²) in [6.45, 7) is 0.607. The zero-order valence-electron chi connectivity index (χ0n) is 15.1. The molecule has 0 unspecified atom stereocenters. The van der Waals surface area contributed by atoms with E-state index in [9.17, 15) is 4.79 Å². The van der Waals surface area contributed by atoms with Crippen LogP contribution in [-0.2, 0) is 17.9 Å². The van der Waals surface area contributed by atoms with Crippen molar-refractivity contribution in [1.29, 1.82) is 0 Å². The molecule has 1 aliphatic carbocycles. The second kappa shape index (κ2) is 7.85. The molecule has 0 aliphatic heterocycles. The van der Waals surface area contributed by atoms with E-state index in [1.807, 2.05) is 16.7 Å². The fraction of sp³-hybridized carbons (Fsp3) is 0.263. The number of aromatic nitrogens is 4. The molecule has 4 rings (SSSR count). The van der Waals surface area contributed by atoms with Gasteiger partial charge in [-0.2, -0.15) is 0 Å². The van der Waals surface area contributed by atoms with E-state index in [1.54, 1.807) is 6.07 Å². The molecule has 8 nitrogen and oxygen atoms in total. The minimum atomic E-state index is -0.417. The van der Waals surface area contributed by atoms with Crippen molar-refractivity contribution >= 4 is 23.2 Å². The summed E-state index contributed by atoms with van der Waals surface area (Å²) in [7, 11) is 0. The standard InChI is InChI=1S/C19H20ClN7O/c20-16-5-6-23-17(26-16)9-24-19(28)15(21)8-22-7-14-11-27-10-13(12-1-2-12)3-4-18(27)25-14/h3-6,8,10-12,22H,1-2,7,9,21H2,(H,24,28)/b15-8-. The SMILES string of the molecule is N/C(=C\NCc1cn2cc(C3CC3)ccc2n1)C(=O)NCc1nccc(Cl)n1. The summed E-state index contributed by atoms with van der Waals surface area (Å²) in [5.74, 6) is 0.698. The smallest absolute Gasteiger partial charge is 0.269 e. The van der Waals surface area contributed by atoms with Crippen LogP contribution in [0.1, 0.15) is 35.8 Å². The van der Waals surface area contributed by atoms with Gasteiger partial charge in [-0.15, -0.1) is 0 Å². The van der Waals surface area contributed by atoms with E-state index < -0.39 is 5.91 Å². The molecular formula is C19H20ClN7O. The highest BCUT2D eigenvalue weighted by molar-refractivity contribution is 6.29. The summed E-state index contributed by atoms with van der Waals surface area (Å²) < 4.78 is 2.04. The van der Waals surface area contributed by atoms with Crippen molar-refractivity contribution in [3.63, 3.8) is 0 Å². The van der Waals surface area contributed by atoms with Crippen LogP contribution in [0.4, 0.5) is 0 Å². The van der Waals surface area contributed by atoms with Crippen molar-refractivity contribution in [2.24, 2.45) is 5.73 Å². The first-order valence-electron chi connectivity index (χ1n) is 9.00. The average molecular weight is 398 g/mol. The fourth-order valence-corrected chi connectivity index (χ4v) is 3.01. The predicted octanol–water partition coefficient (Wildman–Crippen LogP) is 1.86. The summed E-state index contributed by atoms with van der Waals surface area (Å²) in [5, 5.41) is 5.99. The van der Waals surface area contributed by atoms with Crippen molar-refractivity contribution in [2.75, 3.05) is 0 Å². The van der Waals surface area contributed by atoms with Crippen LogP contribution in [-0.4, -0.2) is 25.3 Å². The van der Waals surface area contributed by atoms with E-state index >= 15 is 0 Å². The number of hydrogen-bond donors (Lipinski definition) is 3. The van der Waals surface area contributed by atoms with E-state index in [0.717, 1.165) is 11.3 Å². The van der Waals surface area contributed by atoms with Gasteiger partial charge in [0.15, 0.2) is 0 Å². The molecule has 1 aliphatic rings. The Labute approximate surface area is 166 Å². The third-order valence-corrected chi connectivity index (χ3v) is 4.66. The van der Waals surface area contributed by atoms with E-state index in [0.29, 0.717) is 23.4 Å². The number of fused-ring (bicyclic) bond motifs is 1. The summed E-state index contributed by atoms with van der Waals surface area (Å²) in [6.07, 6.45) is 9.65. The first kappa shape index (κ1) is 18.2. The monoisotopic (exact) mass is 397 g/mol. The van der Waals surface area contributed by atoms with Crippen LogP contribution in [0.3, 0.4) is 0 Å².